The monoisotopic (exact) mass is 196 g/mol. The molecule has 2 nitrogen and oxygen atoms in total. The Morgan fingerprint density at radius 3 is 2.54 bits per heavy atom. The molecule has 0 atom stereocenters. The number of hydrogen-bond acceptors (Lipinski definition) is 3. The first-order valence-electron chi connectivity index (χ1n) is 4.81. The molecule has 0 amide bonds. The minimum Gasteiger partial charge on any atom is -0.325 e. The summed E-state index contributed by atoms with van der Waals surface area (Å²) in [6, 6.07) is 0. The van der Waals surface area contributed by atoms with E-state index in [1.165, 1.54) is 34.8 Å². The van der Waals surface area contributed by atoms with Crippen molar-refractivity contribution in [2.75, 3.05) is 0 Å². The van der Waals surface area contributed by atoms with Gasteiger partial charge in [0.15, 0.2) is 0 Å². The van der Waals surface area contributed by atoms with E-state index in [0.717, 1.165) is 6.42 Å². The Morgan fingerprint density at radius 1 is 1.46 bits per heavy atom. The van der Waals surface area contributed by atoms with Gasteiger partial charge in [-0.25, -0.2) is 4.98 Å². The van der Waals surface area contributed by atoms with Crippen LogP contribution in [0.25, 0.3) is 0 Å². The SMILES string of the molecule is Cc1nc(CC2(N)CCC2)sc1C. The topological polar surface area (TPSA) is 38.9 Å². The molecule has 2 rings (SSSR count). The average molecular weight is 196 g/mol. The van der Waals surface area contributed by atoms with E-state index in [0.29, 0.717) is 0 Å². The van der Waals surface area contributed by atoms with E-state index in [-0.39, 0.29) is 5.54 Å². The fourth-order valence-corrected chi connectivity index (χ4v) is 2.81. The molecule has 3 heteroatoms. The highest BCUT2D eigenvalue weighted by atomic mass is 32.1. The van der Waals surface area contributed by atoms with Crippen LogP contribution in [0.3, 0.4) is 0 Å². The van der Waals surface area contributed by atoms with Gasteiger partial charge in [-0.2, -0.15) is 0 Å². The predicted octanol–water partition coefficient (Wildman–Crippen LogP) is 2.18. The average Bonchev–Trinajstić information content (AvgIpc) is 2.28. The van der Waals surface area contributed by atoms with E-state index in [1.54, 1.807) is 11.3 Å². The van der Waals surface area contributed by atoms with E-state index in [1.807, 2.05) is 0 Å². The molecule has 1 fully saturated rings. The molecule has 0 aliphatic heterocycles. The van der Waals surface area contributed by atoms with Crippen molar-refractivity contribution in [3.05, 3.63) is 15.6 Å². The van der Waals surface area contributed by atoms with Crippen molar-refractivity contribution in [3.8, 4) is 0 Å². The van der Waals surface area contributed by atoms with Gasteiger partial charge < -0.3 is 5.73 Å². The lowest BCUT2D eigenvalue weighted by atomic mass is 9.75. The van der Waals surface area contributed by atoms with Gasteiger partial charge in [-0.05, 0) is 33.1 Å². The van der Waals surface area contributed by atoms with Crippen LogP contribution < -0.4 is 5.73 Å². The van der Waals surface area contributed by atoms with E-state index >= 15 is 0 Å². The van der Waals surface area contributed by atoms with Gasteiger partial charge in [0.25, 0.3) is 0 Å². The zero-order valence-electron chi connectivity index (χ0n) is 8.26. The first-order chi connectivity index (χ1) is 6.09. The smallest absolute Gasteiger partial charge is 0.0949 e. The minimum absolute atomic E-state index is 0.0801. The van der Waals surface area contributed by atoms with Crippen LogP contribution in [0.1, 0.15) is 34.8 Å². The summed E-state index contributed by atoms with van der Waals surface area (Å²) in [6.45, 7) is 4.19. The van der Waals surface area contributed by atoms with Crippen molar-refractivity contribution in [1.29, 1.82) is 0 Å². The third-order valence-corrected chi connectivity index (χ3v) is 4.00. The molecular formula is C10H16N2S. The molecule has 0 spiro atoms. The number of thiazole rings is 1. The van der Waals surface area contributed by atoms with Crippen LogP contribution in [0.15, 0.2) is 0 Å². The Labute approximate surface area is 83.2 Å². The maximum atomic E-state index is 6.16. The molecule has 13 heavy (non-hydrogen) atoms. The number of aromatic nitrogens is 1. The number of nitrogens with zero attached hydrogens (tertiary/aromatic N) is 1. The molecule has 2 N–H and O–H groups in total. The largest absolute Gasteiger partial charge is 0.325 e. The highest BCUT2D eigenvalue weighted by Gasteiger charge is 2.33. The summed E-state index contributed by atoms with van der Waals surface area (Å²) >= 11 is 1.80. The standard InChI is InChI=1S/C10H16N2S/c1-7-8(2)13-9(12-7)6-10(11)4-3-5-10/h3-6,11H2,1-2H3. The van der Waals surface area contributed by atoms with Crippen molar-refractivity contribution >= 4 is 11.3 Å². The van der Waals surface area contributed by atoms with Crippen molar-refractivity contribution in [3.63, 3.8) is 0 Å². The summed E-state index contributed by atoms with van der Waals surface area (Å²) in [6.07, 6.45) is 4.61. The Kier molecular flexibility index (Phi) is 2.16. The molecule has 0 unspecified atom stereocenters. The van der Waals surface area contributed by atoms with Gasteiger partial charge in [0.1, 0.15) is 0 Å². The molecule has 1 aromatic heterocycles. The number of aryl methyl sites for hydroxylation is 2. The van der Waals surface area contributed by atoms with Gasteiger partial charge in [0, 0.05) is 16.8 Å². The summed E-state index contributed by atoms with van der Waals surface area (Å²) in [5.74, 6) is 0. The van der Waals surface area contributed by atoms with Crippen molar-refractivity contribution in [2.24, 2.45) is 5.73 Å². The Balaban J connectivity index is 2.09. The maximum Gasteiger partial charge on any atom is 0.0949 e. The zero-order valence-corrected chi connectivity index (χ0v) is 9.08. The molecule has 72 valence electrons. The van der Waals surface area contributed by atoms with Crippen molar-refractivity contribution in [2.45, 2.75) is 45.1 Å². The summed E-state index contributed by atoms with van der Waals surface area (Å²) in [5, 5.41) is 1.22. The van der Waals surface area contributed by atoms with Crippen molar-refractivity contribution in [1.82, 2.24) is 4.98 Å². The third kappa shape index (κ3) is 1.76. The van der Waals surface area contributed by atoms with Gasteiger partial charge in [0.2, 0.25) is 0 Å². The second-order valence-corrected chi connectivity index (χ2v) is 5.43. The first kappa shape index (κ1) is 9.16. The van der Waals surface area contributed by atoms with Crippen LogP contribution in [-0.4, -0.2) is 10.5 Å². The lowest BCUT2D eigenvalue weighted by Gasteiger charge is -2.37. The van der Waals surface area contributed by atoms with E-state index < -0.39 is 0 Å². The molecule has 1 heterocycles. The quantitative estimate of drug-likeness (QED) is 0.787. The maximum absolute atomic E-state index is 6.16. The molecule has 0 aromatic carbocycles. The Morgan fingerprint density at radius 2 is 2.15 bits per heavy atom. The van der Waals surface area contributed by atoms with Crippen LogP contribution in [0.2, 0.25) is 0 Å². The number of rotatable bonds is 2. The van der Waals surface area contributed by atoms with Gasteiger partial charge in [-0.3, -0.25) is 0 Å². The lowest BCUT2D eigenvalue weighted by molar-refractivity contribution is 0.247. The third-order valence-electron chi connectivity index (χ3n) is 2.93. The summed E-state index contributed by atoms with van der Waals surface area (Å²) in [7, 11) is 0. The molecule has 1 saturated carbocycles. The summed E-state index contributed by atoms with van der Waals surface area (Å²) in [4.78, 5) is 5.85. The second kappa shape index (κ2) is 3.07. The van der Waals surface area contributed by atoms with E-state index in [2.05, 4.69) is 18.8 Å². The summed E-state index contributed by atoms with van der Waals surface area (Å²) in [5.41, 5.74) is 7.41. The fourth-order valence-electron chi connectivity index (χ4n) is 1.72. The Hall–Kier alpha value is -0.410. The van der Waals surface area contributed by atoms with Gasteiger partial charge in [-0.1, -0.05) is 0 Å². The highest BCUT2D eigenvalue weighted by molar-refractivity contribution is 7.11. The normalized spacial score (nSPS) is 19.9. The van der Waals surface area contributed by atoms with Crippen LogP contribution in [-0.2, 0) is 6.42 Å². The van der Waals surface area contributed by atoms with Gasteiger partial charge in [0.05, 0.1) is 10.7 Å². The highest BCUT2D eigenvalue weighted by Crippen LogP contribution is 2.33. The molecule has 0 bridgehead atoms. The number of nitrogens with two attached hydrogens (primary N) is 1. The van der Waals surface area contributed by atoms with E-state index in [9.17, 15) is 0 Å². The molecule has 1 aliphatic rings. The van der Waals surface area contributed by atoms with Crippen LogP contribution in [0.5, 0.6) is 0 Å². The fraction of sp³-hybridized carbons (Fsp3) is 0.700. The van der Waals surface area contributed by atoms with Crippen LogP contribution in [0, 0.1) is 13.8 Å². The second-order valence-electron chi connectivity index (χ2n) is 4.14. The molecule has 1 aliphatic carbocycles. The minimum atomic E-state index is 0.0801. The van der Waals surface area contributed by atoms with Crippen molar-refractivity contribution < 1.29 is 0 Å². The van der Waals surface area contributed by atoms with Crippen LogP contribution >= 0.6 is 11.3 Å². The zero-order chi connectivity index (χ0) is 9.47. The molecular weight excluding hydrogens is 180 g/mol. The predicted molar refractivity (Wildman–Crippen MR) is 56.1 cm³/mol. The number of hydrogen-bond donors (Lipinski definition) is 1. The first-order valence-corrected chi connectivity index (χ1v) is 5.62. The lowest BCUT2D eigenvalue weighted by Crippen LogP contribution is -2.48. The molecule has 0 radical (unpaired) electrons. The Bertz CT molecular complexity index is 293. The molecule has 0 saturated heterocycles. The van der Waals surface area contributed by atoms with E-state index in [4.69, 9.17) is 5.73 Å². The molecule has 1 aromatic rings. The van der Waals surface area contributed by atoms with Crippen LogP contribution in [0.4, 0.5) is 0 Å². The summed E-state index contributed by atoms with van der Waals surface area (Å²) < 4.78 is 0. The van der Waals surface area contributed by atoms with Gasteiger partial charge >= 0.3 is 0 Å². The van der Waals surface area contributed by atoms with Gasteiger partial charge in [-0.15, -0.1) is 11.3 Å².